The maximum Gasteiger partial charge on any atom is 0.249 e. The Labute approximate surface area is 152 Å². The lowest BCUT2D eigenvalue weighted by molar-refractivity contribution is -0.112. The van der Waals surface area contributed by atoms with Crippen LogP contribution in [0.2, 0.25) is 0 Å². The lowest BCUT2D eigenvalue weighted by atomic mass is 9.92. The van der Waals surface area contributed by atoms with Gasteiger partial charge in [-0.3, -0.25) is 9.78 Å². The summed E-state index contributed by atoms with van der Waals surface area (Å²) in [6.45, 7) is 2.05. The molecule has 0 unspecified atom stereocenters. The van der Waals surface area contributed by atoms with E-state index in [1.807, 2.05) is 31.3 Å². The number of carbonyl (C=O) groups excluding carboxylic acids is 1. The van der Waals surface area contributed by atoms with Crippen molar-refractivity contribution in [2.45, 2.75) is 26.2 Å². The molecule has 3 aromatic rings. The molecule has 1 saturated carbocycles. The molecule has 0 bridgehead atoms. The van der Waals surface area contributed by atoms with E-state index in [1.54, 1.807) is 18.5 Å². The summed E-state index contributed by atoms with van der Waals surface area (Å²) < 4.78 is 0. The van der Waals surface area contributed by atoms with Crippen molar-refractivity contribution in [1.29, 1.82) is 0 Å². The average Bonchev–Trinajstić information content (AvgIpc) is 2.58. The summed E-state index contributed by atoms with van der Waals surface area (Å²) in [4.78, 5) is 20.6. The summed E-state index contributed by atoms with van der Waals surface area (Å²) in [6.07, 6.45) is 10.2. The predicted molar refractivity (Wildman–Crippen MR) is 105 cm³/mol. The zero-order valence-electron chi connectivity index (χ0n) is 14.6. The lowest BCUT2D eigenvalue weighted by Gasteiger charge is -2.15. The maximum absolute atomic E-state index is 12.1. The van der Waals surface area contributed by atoms with Crippen LogP contribution in [0.15, 0.2) is 54.5 Å². The second kappa shape index (κ2) is 6.59. The van der Waals surface area contributed by atoms with Gasteiger partial charge in [-0.15, -0.1) is 0 Å². The van der Waals surface area contributed by atoms with Gasteiger partial charge in [-0.2, -0.15) is 0 Å². The number of hydrogen-bond donors (Lipinski definition) is 2. The van der Waals surface area contributed by atoms with Gasteiger partial charge in [0.2, 0.25) is 5.91 Å². The number of aryl methyl sites for hydroxylation is 1. The monoisotopic (exact) mass is 344 g/mol. The fourth-order valence-corrected chi connectivity index (χ4v) is 3.15. The molecular weight excluding hydrogens is 324 g/mol. The van der Waals surface area contributed by atoms with Gasteiger partial charge in [0.25, 0.3) is 0 Å². The number of anilines is 2. The summed E-state index contributed by atoms with van der Waals surface area (Å²) >= 11 is 0. The first-order valence-corrected chi connectivity index (χ1v) is 8.71. The van der Waals surface area contributed by atoms with Crippen molar-refractivity contribution in [3.8, 4) is 11.1 Å². The van der Waals surface area contributed by atoms with E-state index in [2.05, 4.69) is 21.4 Å². The third-order valence-electron chi connectivity index (χ3n) is 4.80. The van der Waals surface area contributed by atoms with E-state index >= 15 is 0 Å². The number of nitrogen functional groups attached to an aromatic ring is 1. The Bertz CT molecular complexity index is 1030. The van der Waals surface area contributed by atoms with Gasteiger partial charge in [0.15, 0.2) is 0 Å². The molecule has 5 heteroatoms. The molecule has 130 valence electrons. The second-order valence-electron chi connectivity index (χ2n) is 6.69. The van der Waals surface area contributed by atoms with Gasteiger partial charge >= 0.3 is 0 Å². The zero-order valence-corrected chi connectivity index (χ0v) is 14.6. The summed E-state index contributed by atoms with van der Waals surface area (Å²) in [5.74, 6) is 0.400. The normalized spacial score (nSPS) is 13.3. The zero-order chi connectivity index (χ0) is 18.1. The fraction of sp³-hybridized carbons (Fsp3) is 0.190. The number of allylic oxidation sites excluding steroid dienone is 1. The van der Waals surface area contributed by atoms with Crippen molar-refractivity contribution in [3.05, 3.63) is 60.1 Å². The first-order valence-electron chi connectivity index (χ1n) is 8.71. The molecule has 3 N–H and O–H groups in total. The van der Waals surface area contributed by atoms with Gasteiger partial charge < -0.3 is 11.1 Å². The molecule has 0 aliphatic heterocycles. The van der Waals surface area contributed by atoms with Crippen LogP contribution in [0.4, 0.5) is 11.5 Å². The highest BCUT2D eigenvalue weighted by Gasteiger charge is 2.12. The second-order valence-corrected chi connectivity index (χ2v) is 6.69. The Morgan fingerprint density at radius 2 is 2.08 bits per heavy atom. The van der Waals surface area contributed by atoms with Crippen LogP contribution in [0, 0.1) is 6.92 Å². The molecule has 2 aromatic heterocycles. The molecule has 1 aromatic carbocycles. The molecule has 0 atom stereocenters. The molecular formula is C21H20N4O. The van der Waals surface area contributed by atoms with Crippen molar-refractivity contribution in [2.24, 2.45) is 0 Å². The predicted octanol–water partition coefficient (Wildman–Crippen LogP) is 4.24. The quantitative estimate of drug-likeness (QED) is 0.550. The molecule has 1 aliphatic rings. The van der Waals surface area contributed by atoms with E-state index < -0.39 is 0 Å². The van der Waals surface area contributed by atoms with Gasteiger partial charge in [-0.1, -0.05) is 5.57 Å². The van der Waals surface area contributed by atoms with E-state index in [9.17, 15) is 4.79 Å². The number of benzene rings is 1. The van der Waals surface area contributed by atoms with Gasteiger partial charge in [-0.25, -0.2) is 4.98 Å². The van der Waals surface area contributed by atoms with Crippen LogP contribution in [-0.2, 0) is 4.79 Å². The molecule has 0 radical (unpaired) electrons. The molecule has 0 spiro atoms. The smallest absolute Gasteiger partial charge is 0.249 e. The first-order chi connectivity index (χ1) is 12.6. The molecule has 5 nitrogen and oxygen atoms in total. The fourth-order valence-electron chi connectivity index (χ4n) is 3.15. The Morgan fingerprint density at radius 1 is 1.23 bits per heavy atom. The molecule has 4 rings (SSSR count). The van der Waals surface area contributed by atoms with E-state index in [1.165, 1.54) is 12.0 Å². The highest BCUT2D eigenvalue weighted by molar-refractivity contribution is 6.02. The summed E-state index contributed by atoms with van der Waals surface area (Å²) in [7, 11) is 0. The van der Waals surface area contributed by atoms with E-state index in [0.717, 1.165) is 40.3 Å². The molecule has 1 aliphatic carbocycles. The van der Waals surface area contributed by atoms with Crippen LogP contribution >= 0.6 is 0 Å². The van der Waals surface area contributed by atoms with Crippen LogP contribution in [0.3, 0.4) is 0 Å². The number of carbonyl (C=O) groups is 1. The number of fused-ring (bicyclic) bond motifs is 1. The molecule has 2 heterocycles. The minimum atomic E-state index is -0.126. The van der Waals surface area contributed by atoms with Crippen molar-refractivity contribution in [2.75, 3.05) is 11.1 Å². The molecule has 26 heavy (non-hydrogen) atoms. The number of pyridine rings is 2. The van der Waals surface area contributed by atoms with Gasteiger partial charge in [-0.05, 0) is 67.0 Å². The highest BCUT2D eigenvalue weighted by Crippen LogP contribution is 2.31. The standard InChI is InChI=1S/C21H20N4O/c1-13-5-6-23-11-17(13)15-8-16-10-20(24-12-18(16)19(22)9-15)25-21(26)7-14-3-2-4-14/h5-12H,2-4,22H2,1H3,(H,24,25,26). The number of rotatable bonds is 3. The molecule has 0 saturated heterocycles. The van der Waals surface area contributed by atoms with Crippen LogP contribution in [0.25, 0.3) is 21.9 Å². The minimum absolute atomic E-state index is 0.126. The van der Waals surface area contributed by atoms with Crippen LogP contribution in [-0.4, -0.2) is 15.9 Å². The minimum Gasteiger partial charge on any atom is -0.398 e. The number of nitrogens with one attached hydrogen (secondary N) is 1. The third-order valence-corrected chi connectivity index (χ3v) is 4.80. The van der Waals surface area contributed by atoms with Crippen molar-refractivity contribution < 1.29 is 4.79 Å². The summed E-state index contributed by atoms with van der Waals surface area (Å²) in [5, 5.41) is 4.65. The third kappa shape index (κ3) is 3.16. The Kier molecular flexibility index (Phi) is 4.13. The Hall–Kier alpha value is -3.21. The number of nitrogens with zero attached hydrogens (tertiary/aromatic N) is 2. The number of hydrogen-bond acceptors (Lipinski definition) is 4. The SMILES string of the molecule is Cc1ccncc1-c1cc(N)c2cnc(NC(=O)C=C3CCC3)cc2c1. The average molecular weight is 344 g/mol. The maximum atomic E-state index is 12.1. The number of aromatic nitrogens is 2. The lowest BCUT2D eigenvalue weighted by Crippen LogP contribution is -2.12. The van der Waals surface area contributed by atoms with E-state index in [-0.39, 0.29) is 5.91 Å². The van der Waals surface area contributed by atoms with Crippen molar-refractivity contribution in [3.63, 3.8) is 0 Å². The largest absolute Gasteiger partial charge is 0.398 e. The van der Waals surface area contributed by atoms with Crippen LogP contribution < -0.4 is 11.1 Å². The van der Waals surface area contributed by atoms with E-state index in [0.29, 0.717) is 11.5 Å². The Balaban J connectivity index is 1.70. The number of nitrogens with two attached hydrogens (primary N) is 1. The van der Waals surface area contributed by atoms with Crippen LogP contribution in [0.1, 0.15) is 24.8 Å². The molecule has 1 amide bonds. The molecule has 1 fully saturated rings. The van der Waals surface area contributed by atoms with Crippen LogP contribution in [0.5, 0.6) is 0 Å². The van der Waals surface area contributed by atoms with Crippen molar-refractivity contribution >= 4 is 28.2 Å². The van der Waals surface area contributed by atoms with Crippen molar-refractivity contribution in [1.82, 2.24) is 9.97 Å². The van der Waals surface area contributed by atoms with Gasteiger partial charge in [0.05, 0.1) is 0 Å². The number of amides is 1. The van der Waals surface area contributed by atoms with E-state index in [4.69, 9.17) is 5.73 Å². The van der Waals surface area contributed by atoms with Gasteiger partial charge in [0, 0.05) is 41.3 Å². The summed E-state index contributed by atoms with van der Waals surface area (Å²) in [6, 6.07) is 7.82. The first kappa shape index (κ1) is 16.3. The summed E-state index contributed by atoms with van der Waals surface area (Å²) in [5.41, 5.74) is 11.3. The Morgan fingerprint density at radius 3 is 2.81 bits per heavy atom. The topological polar surface area (TPSA) is 80.9 Å². The highest BCUT2D eigenvalue weighted by atomic mass is 16.1. The van der Waals surface area contributed by atoms with Gasteiger partial charge in [0.1, 0.15) is 5.82 Å².